The van der Waals surface area contributed by atoms with Crippen molar-refractivity contribution in [1.82, 2.24) is 0 Å². The molecule has 1 atom stereocenters. The summed E-state index contributed by atoms with van der Waals surface area (Å²) >= 11 is 0. The van der Waals surface area contributed by atoms with E-state index in [0.29, 0.717) is 11.0 Å². The van der Waals surface area contributed by atoms with Crippen molar-refractivity contribution in [3.63, 3.8) is 0 Å². The molecular weight excluding hydrogens is 170 g/mol. The van der Waals surface area contributed by atoms with E-state index < -0.39 is 11.6 Å². The van der Waals surface area contributed by atoms with Crippen LogP contribution in [0.15, 0.2) is 0 Å². The average Bonchev–Trinajstić information content (AvgIpc) is 1.81. The second-order valence-electron chi connectivity index (χ2n) is 4.65. The number of carbonyl (C=O) groups excluding carboxylic acids is 1. The van der Waals surface area contributed by atoms with Gasteiger partial charge in [-0.2, -0.15) is 0 Å². The van der Waals surface area contributed by atoms with Crippen molar-refractivity contribution in [1.29, 1.82) is 0 Å². The predicted octanol–water partition coefficient (Wildman–Crippen LogP) is -0.762. The van der Waals surface area contributed by atoms with E-state index in [2.05, 4.69) is 0 Å². The van der Waals surface area contributed by atoms with Crippen LogP contribution in [0.5, 0.6) is 0 Å². The number of likely N-dealkylation sites (N-methyl/N-ethyl adjacent to an activating group) is 1. The number of aliphatic carboxylic acids is 1. The maximum Gasteiger partial charge on any atom is 0.119 e. The van der Waals surface area contributed by atoms with Crippen LogP contribution in [0.1, 0.15) is 13.3 Å². The molecule has 0 aromatic heterocycles. The minimum atomic E-state index is -1.07. The molecule has 78 valence electrons. The van der Waals surface area contributed by atoms with Gasteiger partial charge in [0, 0.05) is 19.5 Å². The molecule has 13 heavy (non-hydrogen) atoms. The lowest BCUT2D eigenvalue weighted by molar-refractivity contribution is -0.876. The summed E-state index contributed by atoms with van der Waals surface area (Å²) < 4.78 is 5.85. The molecule has 0 amide bonds. The van der Waals surface area contributed by atoms with Crippen LogP contribution in [0, 0.1) is 0 Å². The van der Waals surface area contributed by atoms with E-state index in [1.165, 1.54) is 7.11 Å². The first-order valence-electron chi connectivity index (χ1n) is 4.24. The first kappa shape index (κ1) is 12.4. The van der Waals surface area contributed by atoms with Crippen molar-refractivity contribution in [3.05, 3.63) is 0 Å². The monoisotopic (exact) mass is 189 g/mol. The minimum absolute atomic E-state index is 0.0704. The second-order valence-corrected chi connectivity index (χ2v) is 4.65. The summed E-state index contributed by atoms with van der Waals surface area (Å²) in [6.07, 6.45) is -0.0704. The van der Waals surface area contributed by atoms with Gasteiger partial charge in [-0.1, -0.05) is 0 Å². The molecule has 0 aliphatic carbocycles. The number of quaternary nitrogens is 1. The van der Waals surface area contributed by atoms with E-state index in [1.807, 2.05) is 21.1 Å². The standard InChI is InChI=1S/C9H19NO3/c1-9(13-5,6-8(11)12)7-10(2,3)4/h6-7H2,1-5H3. The maximum atomic E-state index is 10.5. The summed E-state index contributed by atoms with van der Waals surface area (Å²) in [6, 6.07) is 0. The Balaban J connectivity index is 4.36. The van der Waals surface area contributed by atoms with Crippen molar-refractivity contribution in [2.75, 3.05) is 34.8 Å². The number of nitrogens with zero attached hydrogens (tertiary/aromatic N) is 1. The highest BCUT2D eigenvalue weighted by atomic mass is 16.5. The smallest absolute Gasteiger partial charge is 0.119 e. The molecule has 0 saturated carbocycles. The first-order chi connectivity index (χ1) is 5.68. The zero-order valence-electron chi connectivity index (χ0n) is 9.09. The molecule has 1 unspecified atom stereocenters. The van der Waals surface area contributed by atoms with E-state index >= 15 is 0 Å². The molecule has 0 fully saturated rings. The molecule has 4 nitrogen and oxygen atoms in total. The van der Waals surface area contributed by atoms with Gasteiger partial charge in [-0.25, -0.2) is 0 Å². The SMILES string of the molecule is COC(C)(CC(=O)[O-])C[N+](C)(C)C. The van der Waals surface area contributed by atoms with Crippen LogP contribution in [0.4, 0.5) is 0 Å². The molecule has 0 spiro atoms. The average molecular weight is 189 g/mol. The van der Waals surface area contributed by atoms with Crippen molar-refractivity contribution < 1.29 is 19.1 Å². The van der Waals surface area contributed by atoms with Crippen LogP contribution in [-0.2, 0) is 9.53 Å². The van der Waals surface area contributed by atoms with E-state index in [0.717, 1.165) is 0 Å². The first-order valence-corrected chi connectivity index (χ1v) is 4.24. The van der Waals surface area contributed by atoms with Gasteiger partial charge >= 0.3 is 0 Å². The van der Waals surface area contributed by atoms with Gasteiger partial charge in [0.2, 0.25) is 0 Å². The third-order valence-electron chi connectivity index (χ3n) is 1.82. The molecule has 4 heteroatoms. The quantitative estimate of drug-likeness (QED) is 0.534. The Morgan fingerprint density at radius 3 is 2.15 bits per heavy atom. The minimum Gasteiger partial charge on any atom is -0.550 e. The lowest BCUT2D eigenvalue weighted by Crippen LogP contribution is -2.51. The Bertz CT molecular complexity index is 186. The maximum absolute atomic E-state index is 10.5. The number of hydrogen-bond donors (Lipinski definition) is 0. The number of carboxylic acids is 1. The lowest BCUT2D eigenvalue weighted by Gasteiger charge is -2.36. The summed E-state index contributed by atoms with van der Waals surface area (Å²) in [5, 5.41) is 10.5. The molecule has 0 N–H and O–H groups in total. The topological polar surface area (TPSA) is 49.4 Å². The van der Waals surface area contributed by atoms with Crippen LogP contribution in [0.2, 0.25) is 0 Å². The van der Waals surface area contributed by atoms with Gasteiger partial charge in [0.05, 0.1) is 21.1 Å². The molecule has 0 rings (SSSR count). The lowest BCUT2D eigenvalue weighted by atomic mass is 10.0. The molecule has 0 aliphatic rings. The summed E-state index contributed by atoms with van der Waals surface area (Å²) in [5.41, 5.74) is -0.642. The molecule has 0 aliphatic heterocycles. The largest absolute Gasteiger partial charge is 0.550 e. The fourth-order valence-corrected chi connectivity index (χ4v) is 1.50. The number of carbonyl (C=O) groups is 1. The number of methoxy groups -OCH3 is 1. The van der Waals surface area contributed by atoms with Crippen molar-refractivity contribution >= 4 is 5.97 Å². The Hall–Kier alpha value is -0.610. The number of carboxylic acid groups (broad SMARTS) is 1. The normalized spacial score (nSPS) is 16.7. The third-order valence-corrected chi connectivity index (χ3v) is 1.82. The van der Waals surface area contributed by atoms with E-state index in [9.17, 15) is 9.90 Å². The highest BCUT2D eigenvalue weighted by Gasteiger charge is 2.30. The summed E-state index contributed by atoms with van der Waals surface area (Å²) in [7, 11) is 7.50. The van der Waals surface area contributed by atoms with Gasteiger partial charge < -0.3 is 19.1 Å². The molecular formula is C9H19NO3. The van der Waals surface area contributed by atoms with Gasteiger partial charge in [0.15, 0.2) is 0 Å². The summed E-state index contributed by atoms with van der Waals surface area (Å²) in [6.45, 7) is 2.42. The number of hydrogen-bond acceptors (Lipinski definition) is 3. The highest BCUT2D eigenvalue weighted by Crippen LogP contribution is 2.17. The second kappa shape index (κ2) is 4.07. The highest BCUT2D eigenvalue weighted by molar-refractivity contribution is 5.65. The molecule has 0 heterocycles. The zero-order chi connectivity index (χ0) is 10.7. The summed E-state index contributed by atoms with van der Waals surface area (Å²) in [4.78, 5) is 10.5. The Morgan fingerprint density at radius 2 is 1.92 bits per heavy atom. The van der Waals surface area contributed by atoms with Gasteiger partial charge in [-0.05, 0) is 6.92 Å². The Labute approximate surface area is 79.7 Å². The van der Waals surface area contributed by atoms with Gasteiger partial charge in [-0.3, -0.25) is 0 Å². The van der Waals surface area contributed by atoms with Crippen molar-refractivity contribution in [2.24, 2.45) is 0 Å². The van der Waals surface area contributed by atoms with Crippen LogP contribution >= 0.6 is 0 Å². The zero-order valence-corrected chi connectivity index (χ0v) is 9.09. The molecule has 0 radical (unpaired) electrons. The molecule has 0 bridgehead atoms. The molecule has 0 aromatic carbocycles. The number of ether oxygens (including phenoxy) is 1. The van der Waals surface area contributed by atoms with Gasteiger partial charge in [0.25, 0.3) is 0 Å². The summed E-state index contributed by atoms with van der Waals surface area (Å²) in [5.74, 6) is -1.07. The van der Waals surface area contributed by atoms with Crippen LogP contribution < -0.4 is 5.11 Å². The van der Waals surface area contributed by atoms with Gasteiger partial charge in [0.1, 0.15) is 12.1 Å². The van der Waals surface area contributed by atoms with E-state index in [1.54, 1.807) is 6.92 Å². The fraction of sp³-hybridized carbons (Fsp3) is 0.889. The molecule has 0 aromatic rings. The third kappa shape index (κ3) is 5.60. The van der Waals surface area contributed by atoms with Crippen LogP contribution in [0.3, 0.4) is 0 Å². The fourth-order valence-electron chi connectivity index (χ4n) is 1.50. The number of rotatable bonds is 5. The van der Waals surface area contributed by atoms with Crippen molar-refractivity contribution in [3.8, 4) is 0 Å². The van der Waals surface area contributed by atoms with E-state index in [-0.39, 0.29) is 6.42 Å². The van der Waals surface area contributed by atoms with Gasteiger partial charge in [-0.15, -0.1) is 0 Å². The Morgan fingerprint density at radius 1 is 1.46 bits per heavy atom. The Kier molecular flexibility index (Phi) is 3.88. The van der Waals surface area contributed by atoms with Crippen LogP contribution in [0.25, 0.3) is 0 Å². The van der Waals surface area contributed by atoms with Crippen LogP contribution in [-0.4, -0.2) is 50.9 Å². The predicted molar refractivity (Wildman–Crippen MR) is 47.9 cm³/mol. The van der Waals surface area contributed by atoms with Crippen molar-refractivity contribution in [2.45, 2.75) is 18.9 Å². The van der Waals surface area contributed by atoms with E-state index in [4.69, 9.17) is 4.74 Å². The molecule has 0 saturated heterocycles.